The van der Waals surface area contributed by atoms with Crippen LogP contribution in [0, 0.1) is 22.7 Å². The topological polar surface area (TPSA) is 34.1 Å². The van der Waals surface area contributed by atoms with E-state index < -0.39 is 9.84 Å². The molecule has 3 heteroatoms. The molecule has 0 fully saturated rings. The molecule has 0 N–H and O–H groups in total. The van der Waals surface area contributed by atoms with E-state index in [9.17, 15) is 8.42 Å². The van der Waals surface area contributed by atoms with Crippen LogP contribution in [0.25, 0.3) is 0 Å². The molecule has 2 unspecified atom stereocenters. The Morgan fingerprint density at radius 2 is 0.842 bits per heavy atom. The van der Waals surface area contributed by atoms with Gasteiger partial charge in [-0.15, -0.1) is 0 Å². The van der Waals surface area contributed by atoms with E-state index in [2.05, 4.69) is 55.4 Å². The average Bonchev–Trinajstić information content (AvgIpc) is 2.26. The van der Waals surface area contributed by atoms with Crippen molar-refractivity contribution in [2.24, 2.45) is 22.7 Å². The van der Waals surface area contributed by atoms with Crippen molar-refractivity contribution in [3.05, 3.63) is 0 Å². The van der Waals surface area contributed by atoms with Crippen LogP contribution >= 0.6 is 0 Å². The second-order valence-electron chi connectivity index (χ2n) is 7.83. The minimum atomic E-state index is -3.14. The Balaban J connectivity index is 5.53. The van der Waals surface area contributed by atoms with Gasteiger partial charge in [-0.25, -0.2) is 8.42 Å². The molecule has 0 heterocycles. The SMILES string of the molecule is CC(C)C(C)(C)C(C)S(=O)(=O)C(C)C(C)(C)C(C)C. The lowest BCUT2D eigenvalue weighted by Gasteiger charge is -2.42. The van der Waals surface area contributed by atoms with E-state index in [1.807, 2.05) is 13.8 Å². The summed E-state index contributed by atoms with van der Waals surface area (Å²) < 4.78 is 25.9. The Morgan fingerprint density at radius 1 is 0.632 bits per heavy atom. The maximum absolute atomic E-state index is 12.9. The average molecular weight is 291 g/mol. The molecule has 0 bridgehead atoms. The molecule has 0 radical (unpaired) electrons. The summed E-state index contributed by atoms with van der Waals surface area (Å²) in [5, 5.41) is -0.652. The molecule has 0 aliphatic carbocycles. The third-order valence-corrected chi connectivity index (χ3v) is 9.24. The normalized spacial score (nSPS) is 17.9. The van der Waals surface area contributed by atoms with Crippen LogP contribution in [0.2, 0.25) is 0 Å². The van der Waals surface area contributed by atoms with Gasteiger partial charge >= 0.3 is 0 Å². The Kier molecular flexibility index (Phi) is 5.73. The smallest absolute Gasteiger partial charge is 0.156 e. The van der Waals surface area contributed by atoms with Crippen LogP contribution in [0.15, 0.2) is 0 Å². The summed E-state index contributed by atoms with van der Waals surface area (Å²) >= 11 is 0. The van der Waals surface area contributed by atoms with Crippen molar-refractivity contribution < 1.29 is 8.42 Å². The highest BCUT2D eigenvalue weighted by atomic mass is 32.2. The lowest BCUT2D eigenvalue weighted by atomic mass is 9.78. The van der Waals surface area contributed by atoms with Gasteiger partial charge < -0.3 is 0 Å². The van der Waals surface area contributed by atoms with Crippen LogP contribution in [0.5, 0.6) is 0 Å². The summed E-state index contributed by atoms with van der Waals surface area (Å²) in [5.74, 6) is 0.679. The summed E-state index contributed by atoms with van der Waals surface area (Å²) in [4.78, 5) is 0. The van der Waals surface area contributed by atoms with Gasteiger partial charge in [-0.1, -0.05) is 55.4 Å². The summed E-state index contributed by atoms with van der Waals surface area (Å²) in [6.07, 6.45) is 0. The first kappa shape index (κ1) is 18.9. The van der Waals surface area contributed by atoms with Gasteiger partial charge in [0.15, 0.2) is 9.84 Å². The van der Waals surface area contributed by atoms with Gasteiger partial charge in [0, 0.05) is 0 Å². The molecule has 2 atom stereocenters. The van der Waals surface area contributed by atoms with E-state index in [1.54, 1.807) is 0 Å². The standard InChI is InChI=1S/C16H34O2S/c1-11(2)15(7,8)13(5)19(17,18)14(6)16(9,10)12(3)4/h11-14H,1-10H3. The van der Waals surface area contributed by atoms with Gasteiger partial charge in [0.1, 0.15) is 0 Å². The summed E-state index contributed by atoms with van der Waals surface area (Å²) in [6.45, 7) is 20.4. The van der Waals surface area contributed by atoms with Crippen LogP contribution in [0.1, 0.15) is 69.2 Å². The van der Waals surface area contributed by atoms with Crippen molar-refractivity contribution in [2.45, 2.75) is 79.7 Å². The van der Waals surface area contributed by atoms with Crippen LogP contribution in [0.3, 0.4) is 0 Å². The molecule has 116 valence electrons. The molecular formula is C16H34O2S. The zero-order chi connectivity index (χ0) is 15.8. The van der Waals surface area contributed by atoms with Crippen molar-refractivity contribution in [1.82, 2.24) is 0 Å². The monoisotopic (exact) mass is 290 g/mol. The largest absolute Gasteiger partial charge is 0.228 e. The highest BCUT2D eigenvalue weighted by Gasteiger charge is 2.46. The fourth-order valence-corrected chi connectivity index (χ4v) is 4.94. The maximum Gasteiger partial charge on any atom is 0.156 e. The molecule has 0 spiro atoms. The van der Waals surface area contributed by atoms with Gasteiger partial charge in [-0.2, -0.15) is 0 Å². The zero-order valence-corrected chi connectivity index (χ0v) is 15.4. The predicted octanol–water partition coefficient (Wildman–Crippen LogP) is 4.54. The third kappa shape index (κ3) is 3.53. The fraction of sp³-hybridized carbons (Fsp3) is 1.00. The molecular weight excluding hydrogens is 256 g/mol. The van der Waals surface area contributed by atoms with Crippen molar-refractivity contribution in [1.29, 1.82) is 0 Å². The second-order valence-corrected chi connectivity index (χ2v) is 10.4. The van der Waals surface area contributed by atoms with E-state index >= 15 is 0 Å². The minimum Gasteiger partial charge on any atom is -0.228 e. The predicted molar refractivity (Wildman–Crippen MR) is 85.1 cm³/mol. The third-order valence-electron chi connectivity index (χ3n) is 6.06. The van der Waals surface area contributed by atoms with Gasteiger partial charge in [0.2, 0.25) is 0 Å². The fourth-order valence-electron chi connectivity index (χ4n) is 2.09. The first-order valence-corrected chi connectivity index (χ1v) is 9.03. The Bertz CT molecular complexity index is 357. The maximum atomic E-state index is 12.9. The van der Waals surface area contributed by atoms with E-state index in [0.29, 0.717) is 11.8 Å². The van der Waals surface area contributed by atoms with Crippen molar-refractivity contribution in [3.8, 4) is 0 Å². The number of sulfone groups is 1. The number of rotatable bonds is 6. The summed E-state index contributed by atoms with van der Waals surface area (Å²) in [6, 6.07) is 0. The first-order chi connectivity index (χ1) is 8.20. The zero-order valence-electron chi connectivity index (χ0n) is 14.5. The first-order valence-electron chi connectivity index (χ1n) is 7.42. The Hall–Kier alpha value is -0.0500. The quantitative estimate of drug-likeness (QED) is 0.719. The molecule has 0 rings (SSSR count). The molecule has 0 saturated carbocycles. The van der Waals surface area contributed by atoms with Crippen LogP contribution in [-0.2, 0) is 9.84 Å². The van der Waals surface area contributed by atoms with E-state index in [4.69, 9.17) is 0 Å². The van der Waals surface area contributed by atoms with E-state index in [1.165, 1.54) is 0 Å². The van der Waals surface area contributed by atoms with Gasteiger partial charge in [-0.3, -0.25) is 0 Å². The summed E-state index contributed by atoms with van der Waals surface area (Å²) in [5.41, 5.74) is -0.416. The Labute approximate surface area is 121 Å². The summed E-state index contributed by atoms with van der Waals surface area (Å²) in [7, 11) is -3.14. The van der Waals surface area contributed by atoms with Crippen molar-refractivity contribution in [3.63, 3.8) is 0 Å². The van der Waals surface area contributed by atoms with Gasteiger partial charge in [0.25, 0.3) is 0 Å². The lowest BCUT2D eigenvalue weighted by molar-refractivity contribution is 0.222. The van der Waals surface area contributed by atoms with Crippen molar-refractivity contribution in [2.75, 3.05) is 0 Å². The lowest BCUT2D eigenvalue weighted by Crippen LogP contribution is -2.47. The number of hydrogen-bond donors (Lipinski definition) is 0. The van der Waals surface area contributed by atoms with Crippen LogP contribution in [0.4, 0.5) is 0 Å². The molecule has 0 aliphatic heterocycles. The van der Waals surface area contributed by atoms with E-state index in [0.717, 1.165) is 0 Å². The molecule has 0 aromatic carbocycles. The molecule has 0 amide bonds. The highest BCUT2D eigenvalue weighted by molar-refractivity contribution is 7.92. The Morgan fingerprint density at radius 3 is 1.00 bits per heavy atom. The van der Waals surface area contributed by atoms with Crippen LogP contribution < -0.4 is 0 Å². The van der Waals surface area contributed by atoms with Gasteiger partial charge in [0.05, 0.1) is 10.5 Å². The molecule has 0 saturated heterocycles. The number of hydrogen-bond acceptors (Lipinski definition) is 2. The minimum absolute atomic E-state index is 0.208. The highest BCUT2D eigenvalue weighted by Crippen LogP contribution is 2.41. The van der Waals surface area contributed by atoms with E-state index in [-0.39, 0.29) is 21.3 Å². The van der Waals surface area contributed by atoms with Crippen LogP contribution in [-0.4, -0.2) is 18.9 Å². The molecule has 2 nitrogen and oxygen atoms in total. The molecule has 0 aromatic rings. The molecule has 19 heavy (non-hydrogen) atoms. The van der Waals surface area contributed by atoms with Gasteiger partial charge in [-0.05, 0) is 36.5 Å². The second kappa shape index (κ2) is 5.75. The van der Waals surface area contributed by atoms with Crippen molar-refractivity contribution >= 4 is 9.84 Å². The molecule has 0 aliphatic rings. The molecule has 0 aromatic heterocycles.